The van der Waals surface area contributed by atoms with Crippen molar-refractivity contribution in [2.24, 2.45) is 0 Å². The molecule has 6 heteroatoms. The molecule has 0 amide bonds. The quantitative estimate of drug-likeness (QED) is 0.791. The van der Waals surface area contributed by atoms with Crippen molar-refractivity contribution < 1.29 is 13.9 Å². The zero-order valence-electron chi connectivity index (χ0n) is 6.47. The van der Waals surface area contributed by atoms with E-state index in [4.69, 9.17) is 10.8 Å². The minimum atomic E-state index is -2.68. The van der Waals surface area contributed by atoms with Crippen LogP contribution in [0.1, 0.15) is 17.6 Å². The summed E-state index contributed by atoms with van der Waals surface area (Å²) in [6.07, 6.45) is -1.69. The number of hydrogen-bond donors (Lipinski definition) is 2. The van der Waals surface area contributed by atoms with E-state index in [9.17, 15) is 8.78 Å². The van der Waals surface area contributed by atoms with Gasteiger partial charge in [-0.25, -0.2) is 13.8 Å². The number of pyridine rings is 1. The minimum Gasteiger partial charge on any atom is -0.398 e. The van der Waals surface area contributed by atoms with Gasteiger partial charge in [0.2, 0.25) is 0 Å². The summed E-state index contributed by atoms with van der Waals surface area (Å²) in [5.74, 6) is 0. The van der Waals surface area contributed by atoms with Gasteiger partial charge in [-0.1, -0.05) is 0 Å². The van der Waals surface area contributed by atoms with Crippen molar-refractivity contribution >= 4 is 21.6 Å². The molecule has 0 radical (unpaired) electrons. The first-order valence-corrected chi connectivity index (χ1v) is 4.19. The summed E-state index contributed by atoms with van der Waals surface area (Å²) in [5.41, 5.74) is 5.11. The van der Waals surface area contributed by atoms with Crippen molar-refractivity contribution in [2.75, 3.05) is 5.73 Å². The molecule has 0 fully saturated rings. The fourth-order valence-corrected chi connectivity index (χ4v) is 1.32. The number of aliphatic hydroxyl groups excluding tert-OH is 1. The van der Waals surface area contributed by atoms with Gasteiger partial charge in [-0.2, -0.15) is 0 Å². The van der Waals surface area contributed by atoms with Crippen LogP contribution in [0.15, 0.2) is 10.8 Å². The van der Waals surface area contributed by atoms with Gasteiger partial charge in [0.25, 0.3) is 6.43 Å². The number of nitrogens with zero attached hydrogens (tertiary/aromatic N) is 1. The lowest BCUT2D eigenvalue weighted by atomic mass is 10.1. The molecule has 0 aliphatic rings. The van der Waals surface area contributed by atoms with Crippen LogP contribution in [0.4, 0.5) is 14.5 Å². The fourth-order valence-electron chi connectivity index (χ4n) is 0.883. The van der Waals surface area contributed by atoms with Crippen LogP contribution < -0.4 is 5.73 Å². The second-order valence-electron chi connectivity index (χ2n) is 2.36. The van der Waals surface area contributed by atoms with E-state index < -0.39 is 13.0 Å². The molecule has 0 spiro atoms. The number of aliphatic hydroxyl groups is 1. The lowest BCUT2D eigenvalue weighted by Crippen LogP contribution is -2.03. The van der Waals surface area contributed by atoms with Gasteiger partial charge >= 0.3 is 0 Å². The highest BCUT2D eigenvalue weighted by Gasteiger charge is 2.16. The number of anilines is 1. The monoisotopic (exact) mass is 252 g/mol. The first-order chi connectivity index (χ1) is 6.07. The molecule has 3 nitrogen and oxygen atoms in total. The largest absolute Gasteiger partial charge is 0.398 e. The van der Waals surface area contributed by atoms with E-state index in [0.717, 1.165) is 6.20 Å². The van der Waals surface area contributed by atoms with Gasteiger partial charge in [0, 0.05) is 11.8 Å². The van der Waals surface area contributed by atoms with Gasteiger partial charge in [-0.15, -0.1) is 0 Å². The molecule has 0 unspecified atom stereocenters. The molecule has 0 aliphatic carbocycles. The summed E-state index contributed by atoms with van der Waals surface area (Å²) in [6.45, 7) is -0.417. The Kier molecular flexibility index (Phi) is 3.16. The van der Waals surface area contributed by atoms with E-state index >= 15 is 0 Å². The number of nitrogen functional groups attached to an aromatic ring is 1. The van der Waals surface area contributed by atoms with E-state index in [-0.39, 0.29) is 21.4 Å². The van der Waals surface area contributed by atoms with E-state index in [0.29, 0.717) is 0 Å². The Labute approximate surface area is 81.7 Å². The molecular weight excluding hydrogens is 246 g/mol. The topological polar surface area (TPSA) is 59.1 Å². The highest BCUT2D eigenvalue weighted by molar-refractivity contribution is 9.10. The van der Waals surface area contributed by atoms with Gasteiger partial charge in [-0.3, -0.25) is 0 Å². The van der Waals surface area contributed by atoms with Crippen LogP contribution in [0.2, 0.25) is 0 Å². The smallest absolute Gasteiger partial charge is 0.267 e. The second-order valence-corrected chi connectivity index (χ2v) is 3.11. The average molecular weight is 253 g/mol. The SMILES string of the molecule is Nc1c(C(F)F)cnc(Br)c1CO. The number of alkyl halides is 2. The molecule has 72 valence electrons. The number of halogens is 3. The number of rotatable bonds is 2. The maximum absolute atomic E-state index is 12.3. The Morgan fingerprint density at radius 3 is 2.69 bits per heavy atom. The van der Waals surface area contributed by atoms with E-state index in [2.05, 4.69) is 20.9 Å². The van der Waals surface area contributed by atoms with Crippen LogP contribution in [-0.4, -0.2) is 10.1 Å². The molecule has 0 saturated heterocycles. The third-order valence-corrected chi connectivity index (χ3v) is 2.28. The Morgan fingerprint density at radius 2 is 2.23 bits per heavy atom. The molecule has 0 saturated carbocycles. The van der Waals surface area contributed by atoms with E-state index in [1.165, 1.54) is 0 Å². The van der Waals surface area contributed by atoms with Gasteiger partial charge in [0.1, 0.15) is 4.60 Å². The van der Waals surface area contributed by atoms with Crippen LogP contribution in [0.3, 0.4) is 0 Å². The molecule has 1 heterocycles. The summed E-state index contributed by atoms with van der Waals surface area (Å²) in [6, 6.07) is 0. The molecule has 0 aromatic carbocycles. The van der Waals surface area contributed by atoms with E-state index in [1.54, 1.807) is 0 Å². The van der Waals surface area contributed by atoms with Gasteiger partial charge < -0.3 is 10.8 Å². The van der Waals surface area contributed by atoms with Crippen molar-refractivity contribution in [1.82, 2.24) is 4.98 Å². The molecule has 13 heavy (non-hydrogen) atoms. The molecular formula is C7H7BrF2N2O. The summed E-state index contributed by atoms with van der Waals surface area (Å²) < 4.78 is 24.8. The van der Waals surface area contributed by atoms with Crippen molar-refractivity contribution in [2.45, 2.75) is 13.0 Å². The first-order valence-electron chi connectivity index (χ1n) is 3.39. The standard InChI is InChI=1S/C7H7BrF2N2O/c8-6-4(2-13)5(11)3(1-12-6)7(9)10/h1,7,13H,2H2,(H2,11,12). The number of nitrogens with two attached hydrogens (primary N) is 1. The van der Waals surface area contributed by atoms with Crippen molar-refractivity contribution in [3.8, 4) is 0 Å². The molecule has 1 aromatic rings. The Balaban J connectivity index is 3.27. The minimum absolute atomic E-state index is 0.112. The molecule has 3 N–H and O–H groups in total. The maximum atomic E-state index is 12.3. The molecule has 0 bridgehead atoms. The van der Waals surface area contributed by atoms with Crippen LogP contribution in [0.25, 0.3) is 0 Å². The first kappa shape index (κ1) is 10.3. The predicted molar refractivity (Wildman–Crippen MR) is 47.2 cm³/mol. The summed E-state index contributed by atoms with van der Waals surface area (Å²) >= 11 is 2.99. The lowest BCUT2D eigenvalue weighted by Gasteiger charge is -2.09. The molecule has 1 rings (SSSR count). The molecule has 0 atom stereocenters. The van der Waals surface area contributed by atoms with Crippen LogP contribution in [0.5, 0.6) is 0 Å². The van der Waals surface area contributed by atoms with Crippen LogP contribution >= 0.6 is 15.9 Å². The van der Waals surface area contributed by atoms with Gasteiger partial charge in [0.05, 0.1) is 17.9 Å². The normalized spacial score (nSPS) is 10.8. The van der Waals surface area contributed by atoms with Crippen molar-refractivity contribution in [1.29, 1.82) is 0 Å². The predicted octanol–water partition coefficient (Wildman–Crippen LogP) is 1.86. The van der Waals surface area contributed by atoms with Gasteiger partial charge in [0.15, 0.2) is 0 Å². The highest BCUT2D eigenvalue weighted by atomic mass is 79.9. The Morgan fingerprint density at radius 1 is 1.62 bits per heavy atom. The highest BCUT2D eigenvalue weighted by Crippen LogP contribution is 2.30. The molecule has 0 aliphatic heterocycles. The Bertz CT molecular complexity index is 320. The zero-order chi connectivity index (χ0) is 10.0. The summed E-state index contributed by atoms with van der Waals surface area (Å²) in [7, 11) is 0. The Hall–Kier alpha value is -0.750. The van der Waals surface area contributed by atoms with E-state index in [1.807, 2.05) is 0 Å². The van der Waals surface area contributed by atoms with Crippen molar-refractivity contribution in [3.05, 3.63) is 21.9 Å². The zero-order valence-corrected chi connectivity index (χ0v) is 8.05. The van der Waals surface area contributed by atoms with Crippen LogP contribution in [0, 0.1) is 0 Å². The maximum Gasteiger partial charge on any atom is 0.267 e. The number of hydrogen-bond acceptors (Lipinski definition) is 3. The number of aromatic nitrogens is 1. The lowest BCUT2D eigenvalue weighted by molar-refractivity contribution is 0.151. The third kappa shape index (κ3) is 1.94. The van der Waals surface area contributed by atoms with Gasteiger partial charge in [-0.05, 0) is 15.9 Å². The van der Waals surface area contributed by atoms with Crippen molar-refractivity contribution in [3.63, 3.8) is 0 Å². The summed E-state index contributed by atoms with van der Waals surface area (Å²) in [5, 5.41) is 8.81. The summed E-state index contributed by atoms with van der Waals surface area (Å²) in [4.78, 5) is 3.63. The second kappa shape index (κ2) is 3.97. The fraction of sp³-hybridized carbons (Fsp3) is 0.286. The third-order valence-electron chi connectivity index (χ3n) is 1.60. The average Bonchev–Trinajstić information content (AvgIpc) is 2.04. The molecule has 1 aromatic heterocycles. The van der Waals surface area contributed by atoms with Crippen LogP contribution in [-0.2, 0) is 6.61 Å².